The number of nitrogens with zero attached hydrogens (tertiary/aromatic N) is 2. The van der Waals surface area contributed by atoms with Gasteiger partial charge >= 0.3 is 5.91 Å². The Labute approximate surface area is 248 Å². The van der Waals surface area contributed by atoms with Crippen molar-refractivity contribution in [2.75, 3.05) is 18.1 Å². The van der Waals surface area contributed by atoms with Gasteiger partial charge < -0.3 is 14.6 Å². The molecule has 1 amide bonds. The summed E-state index contributed by atoms with van der Waals surface area (Å²) in [5.41, 5.74) is 3.38. The molecule has 2 heterocycles. The number of Topliss-reactive ketones (excluding diaryl/α,β-unsaturated/α-hetero) is 1. The number of ketones is 1. The van der Waals surface area contributed by atoms with Crippen molar-refractivity contribution in [1.29, 1.82) is 0 Å². The second-order valence-corrected chi connectivity index (χ2v) is 11.8. The number of carbonyl (C=O) groups excluding carboxylic acids is 2. The van der Waals surface area contributed by atoms with E-state index in [1.165, 1.54) is 40.5 Å². The lowest BCUT2D eigenvalue weighted by molar-refractivity contribution is -0.132. The maximum Gasteiger partial charge on any atom is 0.301 e. The van der Waals surface area contributed by atoms with Crippen molar-refractivity contribution in [1.82, 2.24) is 4.98 Å². The van der Waals surface area contributed by atoms with E-state index in [0.717, 1.165) is 27.8 Å². The monoisotopic (exact) mass is 588 g/mol. The van der Waals surface area contributed by atoms with Crippen molar-refractivity contribution < 1.29 is 28.6 Å². The van der Waals surface area contributed by atoms with E-state index in [4.69, 9.17) is 14.5 Å². The van der Waals surface area contributed by atoms with Crippen LogP contribution < -0.4 is 14.4 Å². The van der Waals surface area contributed by atoms with Crippen molar-refractivity contribution in [2.24, 2.45) is 5.92 Å². The van der Waals surface area contributed by atoms with E-state index in [0.29, 0.717) is 41.3 Å². The highest BCUT2D eigenvalue weighted by Crippen LogP contribution is 2.46. The van der Waals surface area contributed by atoms with Gasteiger partial charge in [-0.05, 0) is 92.3 Å². The third-order valence-corrected chi connectivity index (χ3v) is 8.12. The highest BCUT2D eigenvalue weighted by atomic mass is 32.1. The van der Waals surface area contributed by atoms with Gasteiger partial charge in [0.25, 0.3) is 5.78 Å². The number of aliphatic hydroxyl groups is 1. The Balaban J connectivity index is 1.69. The van der Waals surface area contributed by atoms with Gasteiger partial charge in [-0.1, -0.05) is 37.3 Å². The quantitative estimate of drug-likeness (QED) is 0.124. The number of halogens is 1. The van der Waals surface area contributed by atoms with Gasteiger partial charge in [-0.15, -0.1) is 0 Å². The zero-order valence-electron chi connectivity index (χ0n) is 24.2. The largest absolute Gasteiger partial charge is 0.507 e. The number of thiazole rings is 1. The maximum atomic E-state index is 13.7. The molecule has 9 heteroatoms. The maximum absolute atomic E-state index is 13.7. The van der Waals surface area contributed by atoms with Crippen molar-refractivity contribution in [3.05, 3.63) is 88.2 Å². The van der Waals surface area contributed by atoms with Crippen LogP contribution in [-0.4, -0.2) is 35.0 Å². The molecule has 1 saturated heterocycles. The summed E-state index contributed by atoms with van der Waals surface area (Å²) in [7, 11) is 0. The molecule has 1 atom stereocenters. The van der Waals surface area contributed by atoms with E-state index in [1.807, 2.05) is 32.9 Å². The van der Waals surface area contributed by atoms with Crippen molar-refractivity contribution >= 4 is 44.1 Å². The first-order valence-electron chi connectivity index (χ1n) is 13.9. The first kappa shape index (κ1) is 29.3. The number of aliphatic hydroxyl groups excluding tert-OH is 1. The second kappa shape index (κ2) is 11.9. The number of rotatable bonds is 9. The Morgan fingerprint density at radius 3 is 2.48 bits per heavy atom. The lowest BCUT2D eigenvalue weighted by Crippen LogP contribution is -2.29. The first-order chi connectivity index (χ1) is 20.1. The molecule has 1 aliphatic heterocycles. The molecule has 5 rings (SSSR count). The number of fused-ring (bicyclic) bond motifs is 1. The highest BCUT2D eigenvalue weighted by molar-refractivity contribution is 7.22. The molecular formula is C33H33FN2O5S. The van der Waals surface area contributed by atoms with Crippen molar-refractivity contribution in [2.45, 2.75) is 47.1 Å². The minimum atomic E-state index is -1.01. The molecule has 0 saturated carbocycles. The molecule has 7 nitrogen and oxygen atoms in total. The van der Waals surface area contributed by atoms with Crippen LogP contribution in [-0.2, 0) is 9.59 Å². The fourth-order valence-electron chi connectivity index (χ4n) is 5.06. The van der Waals surface area contributed by atoms with Gasteiger partial charge in [-0.25, -0.2) is 9.37 Å². The topological polar surface area (TPSA) is 89.0 Å². The van der Waals surface area contributed by atoms with Gasteiger partial charge in [0.15, 0.2) is 16.6 Å². The molecule has 1 fully saturated rings. The Morgan fingerprint density at radius 2 is 1.79 bits per heavy atom. The van der Waals surface area contributed by atoms with Crippen LogP contribution in [0.4, 0.5) is 9.52 Å². The van der Waals surface area contributed by atoms with Gasteiger partial charge in [0, 0.05) is 5.56 Å². The molecule has 42 heavy (non-hydrogen) atoms. The standard InChI is InChI=1S/C33H33FN2O5S/c1-6-40-25-17-22(9-12-24(25)41-14-13-18(2)3)29-27(30(37)21-7-10-23(34)11-8-21)31(38)32(39)36(29)33-35-28-20(5)15-19(4)16-26(28)42-33/h7-12,15-18,29,37H,6,13-14H2,1-5H3. The van der Waals surface area contributed by atoms with E-state index in [2.05, 4.69) is 13.8 Å². The molecule has 1 unspecified atom stereocenters. The highest BCUT2D eigenvalue weighted by Gasteiger charge is 2.48. The van der Waals surface area contributed by atoms with E-state index in [9.17, 15) is 19.1 Å². The third kappa shape index (κ3) is 5.61. The van der Waals surface area contributed by atoms with E-state index < -0.39 is 29.3 Å². The summed E-state index contributed by atoms with van der Waals surface area (Å²) in [6.45, 7) is 10.9. The average molecular weight is 589 g/mol. The minimum Gasteiger partial charge on any atom is -0.507 e. The van der Waals surface area contributed by atoms with Gasteiger partial charge in [-0.2, -0.15) is 0 Å². The van der Waals surface area contributed by atoms with Crippen LogP contribution >= 0.6 is 11.3 Å². The summed E-state index contributed by atoms with van der Waals surface area (Å²) in [6.07, 6.45) is 0.863. The predicted molar refractivity (Wildman–Crippen MR) is 163 cm³/mol. The number of ether oxygens (including phenoxy) is 2. The zero-order chi connectivity index (χ0) is 30.1. The third-order valence-electron chi connectivity index (χ3n) is 7.12. The molecule has 0 aliphatic carbocycles. The SMILES string of the molecule is CCOc1cc(C2C(=C(O)c3ccc(F)cc3)C(=O)C(=O)N2c2nc3c(C)cc(C)cc3s2)ccc1OCCC(C)C. The number of benzene rings is 3. The molecule has 4 aromatic rings. The average Bonchev–Trinajstić information content (AvgIpc) is 3.48. The first-order valence-corrected chi connectivity index (χ1v) is 14.7. The van der Waals surface area contributed by atoms with Crippen LogP contribution in [0.3, 0.4) is 0 Å². The molecular weight excluding hydrogens is 555 g/mol. The molecule has 3 aromatic carbocycles. The molecule has 1 N–H and O–H groups in total. The van der Waals surface area contributed by atoms with E-state index >= 15 is 0 Å². The second-order valence-electron chi connectivity index (χ2n) is 10.8. The molecule has 0 spiro atoms. The minimum absolute atomic E-state index is 0.116. The number of aryl methyl sites for hydroxylation is 2. The van der Waals surface area contributed by atoms with Gasteiger partial charge in [0.05, 0.1) is 35.0 Å². The number of hydrogen-bond donors (Lipinski definition) is 1. The van der Waals surface area contributed by atoms with Crippen molar-refractivity contribution in [3.8, 4) is 11.5 Å². The number of amides is 1. The lowest BCUT2D eigenvalue weighted by atomic mass is 9.95. The summed E-state index contributed by atoms with van der Waals surface area (Å²) in [5, 5.41) is 11.7. The number of anilines is 1. The fraction of sp³-hybridized carbons (Fsp3) is 0.303. The summed E-state index contributed by atoms with van der Waals surface area (Å²) in [6, 6.07) is 13.4. The van der Waals surface area contributed by atoms with Gasteiger partial charge in [0.1, 0.15) is 11.6 Å². The molecule has 1 aliphatic rings. The number of carbonyl (C=O) groups is 2. The summed E-state index contributed by atoms with van der Waals surface area (Å²) in [4.78, 5) is 33.4. The Kier molecular flexibility index (Phi) is 8.31. The fourth-order valence-corrected chi connectivity index (χ4v) is 6.23. The summed E-state index contributed by atoms with van der Waals surface area (Å²) < 4.78 is 26.5. The zero-order valence-corrected chi connectivity index (χ0v) is 25.0. The van der Waals surface area contributed by atoms with Crippen LogP contribution in [0.5, 0.6) is 11.5 Å². The van der Waals surface area contributed by atoms with Crippen LogP contribution in [0.2, 0.25) is 0 Å². The molecule has 1 aromatic heterocycles. The van der Waals surface area contributed by atoms with Crippen LogP contribution in [0, 0.1) is 25.6 Å². The number of aromatic nitrogens is 1. The normalized spacial score (nSPS) is 16.5. The van der Waals surface area contributed by atoms with Crippen molar-refractivity contribution in [3.63, 3.8) is 0 Å². The van der Waals surface area contributed by atoms with Crippen LogP contribution in [0.1, 0.15) is 55.5 Å². The lowest BCUT2D eigenvalue weighted by Gasteiger charge is -2.24. The van der Waals surface area contributed by atoms with E-state index in [1.54, 1.807) is 18.2 Å². The van der Waals surface area contributed by atoms with Gasteiger partial charge in [-0.3, -0.25) is 14.5 Å². The smallest absolute Gasteiger partial charge is 0.301 e. The predicted octanol–water partition coefficient (Wildman–Crippen LogP) is 7.50. The summed E-state index contributed by atoms with van der Waals surface area (Å²) >= 11 is 1.30. The Hall–Kier alpha value is -4.24. The molecule has 218 valence electrons. The van der Waals surface area contributed by atoms with Crippen LogP contribution in [0.25, 0.3) is 16.0 Å². The van der Waals surface area contributed by atoms with E-state index in [-0.39, 0.29) is 11.1 Å². The number of hydrogen-bond acceptors (Lipinski definition) is 7. The summed E-state index contributed by atoms with van der Waals surface area (Å²) in [5.74, 6) is -1.09. The Morgan fingerprint density at radius 1 is 1.05 bits per heavy atom. The Bertz CT molecular complexity index is 1690. The molecule has 0 radical (unpaired) electrons. The van der Waals surface area contributed by atoms with Gasteiger partial charge in [0.2, 0.25) is 0 Å². The molecule has 0 bridgehead atoms. The van der Waals surface area contributed by atoms with Crippen LogP contribution in [0.15, 0.2) is 60.2 Å².